The van der Waals surface area contributed by atoms with Gasteiger partial charge in [-0.2, -0.15) is 0 Å². The molecule has 3 unspecified atom stereocenters. The van der Waals surface area contributed by atoms with Crippen LogP contribution in [0.25, 0.3) is 0 Å². The molecule has 1 fully saturated rings. The number of hydrogen-bond donors (Lipinski definition) is 0. The van der Waals surface area contributed by atoms with Crippen molar-refractivity contribution in [1.29, 1.82) is 0 Å². The highest BCUT2D eigenvalue weighted by Gasteiger charge is 2.30. The molecule has 0 aromatic rings. The fourth-order valence-electron chi connectivity index (χ4n) is 1.07. The third kappa shape index (κ3) is 0.970. The summed E-state index contributed by atoms with van der Waals surface area (Å²) in [5, 5.41) is 0.0880. The number of alkyl halides is 2. The van der Waals surface area contributed by atoms with E-state index in [2.05, 4.69) is 0 Å². The first kappa shape index (κ1) is 6.34. The molecule has 3 atom stereocenters. The van der Waals surface area contributed by atoms with Crippen LogP contribution in [-0.4, -0.2) is 11.5 Å². The lowest BCUT2D eigenvalue weighted by atomic mass is 10.1. The van der Waals surface area contributed by atoms with Crippen molar-refractivity contribution in [2.24, 2.45) is 5.92 Å². The Labute approximate surface area is 54.0 Å². The van der Waals surface area contributed by atoms with E-state index in [9.17, 15) is 4.39 Å². The van der Waals surface area contributed by atoms with Crippen LogP contribution < -0.4 is 0 Å². The highest BCUT2D eigenvalue weighted by atomic mass is 35.5. The Morgan fingerprint density at radius 1 is 1.50 bits per heavy atom. The normalized spacial score (nSPS) is 47.6. The molecule has 0 aromatic carbocycles. The minimum Gasteiger partial charge on any atom is -0.247 e. The van der Waals surface area contributed by atoms with Crippen molar-refractivity contribution in [3.05, 3.63) is 0 Å². The summed E-state index contributed by atoms with van der Waals surface area (Å²) in [6.45, 7) is 1.87. The Hall–Kier alpha value is 0.220. The highest BCUT2D eigenvalue weighted by molar-refractivity contribution is 6.20. The fraction of sp³-hybridized carbons (Fsp3) is 1.00. The van der Waals surface area contributed by atoms with Crippen LogP contribution in [0.5, 0.6) is 0 Å². The van der Waals surface area contributed by atoms with E-state index in [0.717, 1.165) is 6.42 Å². The predicted molar refractivity (Wildman–Crippen MR) is 32.9 cm³/mol. The van der Waals surface area contributed by atoms with Gasteiger partial charge in [-0.3, -0.25) is 0 Å². The summed E-state index contributed by atoms with van der Waals surface area (Å²) in [5.74, 6) is 0.0802. The van der Waals surface area contributed by atoms with Gasteiger partial charge in [0.15, 0.2) is 0 Å². The Morgan fingerprint density at radius 3 is 2.25 bits per heavy atom. The van der Waals surface area contributed by atoms with Crippen molar-refractivity contribution in [3.8, 4) is 0 Å². The van der Waals surface area contributed by atoms with Gasteiger partial charge in [0, 0.05) is 11.3 Å². The molecule has 1 rings (SSSR count). The average Bonchev–Trinajstić information content (AvgIpc) is 1.98. The fourth-order valence-corrected chi connectivity index (χ4v) is 1.35. The predicted octanol–water partition coefficient (Wildman–Crippen LogP) is 2.36. The maximum atomic E-state index is 12.5. The highest BCUT2D eigenvalue weighted by Crippen LogP contribution is 2.31. The third-order valence-electron chi connectivity index (χ3n) is 1.86. The lowest BCUT2D eigenvalue weighted by Gasteiger charge is -2.06. The molecule has 0 aromatic heterocycles. The van der Waals surface area contributed by atoms with E-state index in [1.807, 2.05) is 6.92 Å². The van der Waals surface area contributed by atoms with Crippen LogP contribution in [0.4, 0.5) is 4.39 Å². The van der Waals surface area contributed by atoms with Crippen LogP contribution in [-0.2, 0) is 0 Å². The smallest absolute Gasteiger partial charge is 0.104 e. The Bertz CT molecular complexity index is 74.6. The third-order valence-corrected chi connectivity index (χ3v) is 2.47. The number of halogens is 2. The van der Waals surface area contributed by atoms with Gasteiger partial charge in [-0.05, 0) is 12.8 Å². The first-order valence-corrected chi connectivity index (χ1v) is 3.43. The molecule has 0 nitrogen and oxygen atoms in total. The minimum atomic E-state index is -0.641. The molecule has 2 heteroatoms. The van der Waals surface area contributed by atoms with Gasteiger partial charge in [-0.1, -0.05) is 6.92 Å². The molecule has 1 aliphatic carbocycles. The second-order valence-electron chi connectivity index (χ2n) is 2.47. The van der Waals surface area contributed by atoms with E-state index >= 15 is 0 Å². The molecule has 0 spiro atoms. The maximum Gasteiger partial charge on any atom is 0.104 e. The van der Waals surface area contributed by atoms with Crippen LogP contribution in [0.2, 0.25) is 0 Å². The monoisotopic (exact) mass is 136 g/mol. The summed E-state index contributed by atoms with van der Waals surface area (Å²) in [4.78, 5) is 0. The zero-order valence-corrected chi connectivity index (χ0v) is 5.66. The lowest BCUT2D eigenvalue weighted by Crippen LogP contribution is -2.10. The molecule has 0 saturated heterocycles. The molecule has 8 heavy (non-hydrogen) atoms. The van der Waals surface area contributed by atoms with Gasteiger partial charge in [0.25, 0.3) is 0 Å². The Balaban J connectivity index is 2.44. The van der Waals surface area contributed by atoms with Gasteiger partial charge in [-0.15, -0.1) is 11.6 Å². The van der Waals surface area contributed by atoms with Gasteiger partial charge in [0.1, 0.15) is 6.17 Å². The van der Waals surface area contributed by atoms with Crippen LogP contribution in [0.15, 0.2) is 0 Å². The van der Waals surface area contributed by atoms with E-state index in [4.69, 9.17) is 11.6 Å². The van der Waals surface area contributed by atoms with Crippen LogP contribution in [0.1, 0.15) is 19.8 Å². The maximum absolute atomic E-state index is 12.5. The van der Waals surface area contributed by atoms with E-state index in [1.54, 1.807) is 0 Å². The largest absolute Gasteiger partial charge is 0.247 e. The molecule has 0 radical (unpaired) electrons. The van der Waals surface area contributed by atoms with Crippen molar-refractivity contribution in [2.75, 3.05) is 0 Å². The molecule has 48 valence electrons. The summed E-state index contributed by atoms with van der Waals surface area (Å²) in [6, 6.07) is 0. The molecule has 0 amide bonds. The standard InChI is InChI=1S/C6H10ClF/c1-4-5(7)2-3-6(4)8/h4-6H,2-3H2,1H3. The Morgan fingerprint density at radius 2 is 2.12 bits per heavy atom. The van der Waals surface area contributed by atoms with Gasteiger partial charge >= 0.3 is 0 Å². The average molecular weight is 137 g/mol. The zero-order valence-electron chi connectivity index (χ0n) is 4.90. The van der Waals surface area contributed by atoms with Crippen molar-refractivity contribution in [3.63, 3.8) is 0 Å². The summed E-state index contributed by atoms with van der Waals surface area (Å²) in [6.07, 6.45) is 0.872. The lowest BCUT2D eigenvalue weighted by molar-refractivity contribution is 0.279. The summed E-state index contributed by atoms with van der Waals surface area (Å²) >= 11 is 5.72. The van der Waals surface area contributed by atoms with E-state index in [1.165, 1.54) is 0 Å². The van der Waals surface area contributed by atoms with Crippen LogP contribution >= 0.6 is 11.6 Å². The van der Waals surface area contributed by atoms with Crippen LogP contribution in [0.3, 0.4) is 0 Å². The Kier molecular flexibility index (Phi) is 1.76. The van der Waals surface area contributed by atoms with E-state index in [0.29, 0.717) is 6.42 Å². The van der Waals surface area contributed by atoms with Gasteiger partial charge in [-0.25, -0.2) is 4.39 Å². The molecule has 1 aliphatic rings. The van der Waals surface area contributed by atoms with Gasteiger partial charge in [0.2, 0.25) is 0 Å². The summed E-state index contributed by atoms with van der Waals surface area (Å²) < 4.78 is 12.5. The topological polar surface area (TPSA) is 0 Å². The SMILES string of the molecule is CC1C(F)CCC1Cl. The van der Waals surface area contributed by atoms with Crippen molar-refractivity contribution < 1.29 is 4.39 Å². The van der Waals surface area contributed by atoms with Crippen LogP contribution in [0, 0.1) is 5.92 Å². The minimum absolute atomic E-state index is 0.0802. The molecule has 0 N–H and O–H groups in total. The van der Waals surface area contributed by atoms with Crippen molar-refractivity contribution >= 4 is 11.6 Å². The molecule has 0 aliphatic heterocycles. The first-order chi connectivity index (χ1) is 3.72. The van der Waals surface area contributed by atoms with Crippen molar-refractivity contribution in [1.82, 2.24) is 0 Å². The summed E-state index contributed by atoms with van der Waals surface area (Å²) in [5.41, 5.74) is 0. The van der Waals surface area contributed by atoms with E-state index < -0.39 is 6.17 Å². The number of hydrogen-bond acceptors (Lipinski definition) is 0. The molecule has 1 saturated carbocycles. The molecular weight excluding hydrogens is 127 g/mol. The second kappa shape index (κ2) is 2.22. The van der Waals surface area contributed by atoms with Crippen molar-refractivity contribution in [2.45, 2.75) is 31.3 Å². The number of rotatable bonds is 0. The first-order valence-electron chi connectivity index (χ1n) is 3.00. The summed E-state index contributed by atoms with van der Waals surface area (Å²) in [7, 11) is 0. The quantitative estimate of drug-likeness (QED) is 0.449. The van der Waals surface area contributed by atoms with Gasteiger partial charge in [0.05, 0.1) is 0 Å². The molecular formula is C6H10ClF. The zero-order chi connectivity index (χ0) is 6.15. The molecule has 0 heterocycles. The van der Waals surface area contributed by atoms with E-state index in [-0.39, 0.29) is 11.3 Å². The second-order valence-corrected chi connectivity index (χ2v) is 3.03. The molecule has 0 bridgehead atoms. The van der Waals surface area contributed by atoms with Gasteiger partial charge < -0.3 is 0 Å².